The Bertz CT molecular complexity index is 343. The maximum Gasteiger partial charge on any atom is 0.262 e. The highest BCUT2D eigenvalue weighted by atomic mass is 16.5. The van der Waals surface area contributed by atoms with Crippen molar-refractivity contribution in [2.75, 3.05) is 6.61 Å². The van der Waals surface area contributed by atoms with Gasteiger partial charge < -0.3 is 4.74 Å². The van der Waals surface area contributed by atoms with Crippen LogP contribution in [0.25, 0.3) is 0 Å². The summed E-state index contributed by atoms with van der Waals surface area (Å²) in [5.74, 6) is 4.86. The average molecular weight is 251 g/mol. The van der Waals surface area contributed by atoms with Gasteiger partial charge >= 0.3 is 0 Å². The van der Waals surface area contributed by atoms with E-state index < -0.39 is 6.10 Å². The molecular weight excluding hydrogens is 230 g/mol. The molecule has 18 heavy (non-hydrogen) atoms. The van der Waals surface area contributed by atoms with Crippen molar-refractivity contribution < 1.29 is 9.53 Å². The number of hydrogen-bond donors (Lipinski definition) is 2. The van der Waals surface area contributed by atoms with Crippen molar-refractivity contribution in [3.8, 4) is 0 Å². The molecule has 3 N–H and O–H groups in total. The lowest BCUT2D eigenvalue weighted by atomic mass is 10.1. The highest BCUT2D eigenvalue weighted by Crippen LogP contribution is 2.05. The zero-order valence-electron chi connectivity index (χ0n) is 10.8. The maximum atomic E-state index is 11.4. The molecule has 100 valence electrons. The van der Waals surface area contributed by atoms with E-state index in [1.165, 1.54) is 5.56 Å². The summed E-state index contributed by atoms with van der Waals surface area (Å²) >= 11 is 0. The van der Waals surface area contributed by atoms with Crippen molar-refractivity contribution in [1.82, 2.24) is 10.4 Å². The van der Waals surface area contributed by atoms with E-state index in [0.717, 1.165) is 19.3 Å². The Morgan fingerprint density at radius 3 is 2.83 bits per heavy atom. The molecule has 0 saturated heterocycles. The summed E-state index contributed by atoms with van der Waals surface area (Å²) in [5, 5.41) is 0. The summed E-state index contributed by atoms with van der Waals surface area (Å²) in [7, 11) is 0. The lowest BCUT2D eigenvalue weighted by molar-refractivity contribution is -0.133. The topological polar surface area (TPSA) is 77.2 Å². The zero-order chi connectivity index (χ0) is 13.2. The number of amides is 1. The van der Waals surface area contributed by atoms with Crippen LogP contribution in [-0.2, 0) is 16.0 Å². The standard InChI is InChI=1S/C13H21N3O2/c1-2-4-12(13(17)16-14)18-10-3-5-11-6-8-15-9-7-11/h6-9,12H,2-5,10,14H2,1H3,(H,16,17). The predicted molar refractivity (Wildman–Crippen MR) is 69.5 cm³/mol. The van der Waals surface area contributed by atoms with Crippen LogP contribution < -0.4 is 11.3 Å². The number of nitrogens with one attached hydrogen (secondary N) is 1. The highest BCUT2D eigenvalue weighted by molar-refractivity contribution is 5.80. The second-order valence-electron chi connectivity index (χ2n) is 4.12. The fourth-order valence-electron chi connectivity index (χ4n) is 1.70. The number of ether oxygens (including phenoxy) is 1. The first-order valence-corrected chi connectivity index (χ1v) is 6.29. The molecule has 0 spiro atoms. The molecule has 1 heterocycles. The summed E-state index contributed by atoms with van der Waals surface area (Å²) < 4.78 is 5.55. The SMILES string of the molecule is CCCC(OCCCc1ccncc1)C(=O)NN. The summed E-state index contributed by atoms with van der Waals surface area (Å²) in [6.45, 7) is 2.57. The van der Waals surface area contributed by atoms with Gasteiger partial charge in [-0.15, -0.1) is 0 Å². The molecule has 0 aliphatic heterocycles. The molecule has 0 saturated carbocycles. The molecule has 0 aromatic carbocycles. The monoisotopic (exact) mass is 251 g/mol. The fraction of sp³-hybridized carbons (Fsp3) is 0.538. The van der Waals surface area contributed by atoms with Gasteiger partial charge in [0.2, 0.25) is 0 Å². The number of carbonyl (C=O) groups excluding carboxylic acids is 1. The lowest BCUT2D eigenvalue weighted by Gasteiger charge is -2.15. The number of rotatable bonds is 8. The second kappa shape index (κ2) is 8.60. The van der Waals surface area contributed by atoms with E-state index in [9.17, 15) is 4.79 Å². The van der Waals surface area contributed by atoms with Gasteiger partial charge in [-0.25, -0.2) is 5.84 Å². The number of carbonyl (C=O) groups is 1. The predicted octanol–water partition coefficient (Wildman–Crippen LogP) is 1.19. The van der Waals surface area contributed by atoms with Gasteiger partial charge in [-0.05, 0) is 37.0 Å². The van der Waals surface area contributed by atoms with Gasteiger partial charge in [-0.3, -0.25) is 15.2 Å². The number of nitrogens with zero attached hydrogens (tertiary/aromatic N) is 1. The van der Waals surface area contributed by atoms with Gasteiger partial charge in [0.05, 0.1) is 0 Å². The van der Waals surface area contributed by atoms with Gasteiger partial charge in [0, 0.05) is 19.0 Å². The van der Waals surface area contributed by atoms with Crippen LogP contribution in [0.2, 0.25) is 0 Å². The third-order valence-corrected chi connectivity index (χ3v) is 2.66. The first-order valence-electron chi connectivity index (χ1n) is 6.29. The lowest BCUT2D eigenvalue weighted by Crippen LogP contribution is -2.40. The molecule has 5 nitrogen and oxygen atoms in total. The molecule has 0 fully saturated rings. The van der Waals surface area contributed by atoms with E-state index in [1.807, 2.05) is 19.1 Å². The third kappa shape index (κ3) is 5.25. The average Bonchev–Trinajstić information content (AvgIpc) is 2.42. The Morgan fingerprint density at radius 1 is 1.50 bits per heavy atom. The van der Waals surface area contributed by atoms with E-state index in [0.29, 0.717) is 13.0 Å². The van der Waals surface area contributed by atoms with E-state index in [2.05, 4.69) is 10.4 Å². The number of nitrogens with two attached hydrogens (primary N) is 1. The summed E-state index contributed by atoms with van der Waals surface area (Å²) in [6.07, 6.45) is 6.50. The molecule has 1 aromatic heterocycles. The molecule has 1 atom stereocenters. The van der Waals surface area contributed by atoms with Crippen molar-refractivity contribution in [1.29, 1.82) is 0 Å². The second-order valence-corrected chi connectivity index (χ2v) is 4.12. The number of hydrogen-bond acceptors (Lipinski definition) is 4. The Kier molecular flexibility index (Phi) is 6.98. The van der Waals surface area contributed by atoms with Crippen LogP contribution in [0.5, 0.6) is 0 Å². The van der Waals surface area contributed by atoms with Crippen molar-refractivity contribution in [3.63, 3.8) is 0 Å². The number of pyridine rings is 1. The summed E-state index contributed by atoms with van der Waals surface area (Å²) in [4.78, 5) is 15.4. The molecule has 1 amide bonds. The highest BCUT2D eigenvalue weighted by Gasteiger charge is 2.16. The van der Waals surface area contributed by atoms with Crippen LogP contribution in [0, 0.1) is 0 Å². The summed E-state index contributed by atoms with van der Waals surface area (Å²) in [6, 6.07) is 3.96. The smallest absolute Gasteiger partial charge is 0.262 e. The molecule has 0 bridgehead atoms. The Balaban J connectivity index is 2.24. The maximum absolute atomic E-state index is 11.4. The van der Waals surface area contributed by atoms with Crippen molar-refractivity contribution in [2.24, 2.45) is 5.84 Å². The van der Waals surface area contributed by atoms with Crippen LogP contribution >= 0.6 is 0 Å². The molecule has 1 rings (SSSR count). The number of aromatic nitrogens is 1. The number of aryl methyl sites for hydroxylation is 1. The van der Waals surface area contributed by atoms with Crippen molar-refractivity contribution in [3.05, 3.63) is 30.1 Å². The van der Waals surface area contributed by atoms with Crippen LogP contribution in [0.15, 0.2) is 24.5 Å². The minimum Gasteiger partial charge on any atom is -0.368 e. The minimum absolute atomic E-state index is 0.249. The quantitative estimate of drug-likeness (QED) is 0.315. The van der Waals surface area contributed by atoms with Gasteiger partial charge in [0.15, 0.2) is 0 Å². The third-order valence-electron chi connectivity index (χ3n) is 2.66. The van der Waals surface area contributed by atoms with E-state index in [4.69, 9.17) is 10.6 Å². The first-order chi connectivity index (χ1) is 8.77. The molecular formula is C13H21N3O2. The van der Waals surface area contributed by atoms with Crippen LogP contribution in [0.3, 0.4) is 0 Å². The van der Waals surface area contributed by atoms with E-state index in [-0.39, 0.29) is 5.91 Å². The van der Waals surface area contributed by atoms with Gasteiger partial charge in [0.1, 0.15) is 6.10 Å². The molecule has 0 radical (unpaired) electrons. The molecule has 1 unspecified atom stereocenters. The van der Waals surface area contributed by atoms with Gasteiger partial charge in [0.25, 0.3) is 5.91 Å². The molecule has 5 heteroatoms. The van der Waals surface area contributed by atoms with Crippen LogP contribution in [0.4, 0.5) is 0 Å². The summed E-state index contributed by atoms with van der Waals surface area (Å²) in [5.41, 5.74) is 3.36. The Morgan fingerprint density at radius 2 is 2.22 bits per heavy atom. The molecule has 0 aliphatic carbocycles. The van der Waals surface area contributed by atoms with Crippen LogP contribution in [0.1, 0.15) is 31.7 Å². The van der Waals surface area contributed by atoms with Gasteiger partial charge in [-0.2, -0.15) is 0 Å². The van der Waals surface area contributed by atoms with E-state index in [1.54, 1.807) is 12.4 Å². The largest absolute Gasteiger partial charge is 0.368 e. The van der Waals surface area contributed by atoms with Crippen LogP contribution in [-0.4, -0.2) is 23.6 Å². The Hall–Kier alpha value is -1.46. The molecule has 0 aliphatic rings. The fourth-order valence-corrected chi connectivity index (χ4v) is 1.70. The normalized spacial score (nSPS) is 12.1. The Labute approximate surface area is 108 Å². The first kappa shape index (κ1) is 14.6. The number of hydrazine groups is 1. The van der Waals surface area contributed by atoms with Gasteiger partial charge in [-0.1, -0.05) is 13.3 Å². The minimum atomic E-state index is -0.433. The molecule has 1 aromatic rings. The van der Waals surface area contributed by atoms with Crippen molar-refractivity contribution in [2.45, 2.75) is 38.7 Å². The zero-order valence-corrected chi connectivity index (χ0v) is 10.8. The van der Waals surface area contributed by atoms with E-state index >= 15 is 0 Å². The van der Waals surface area contributed by atoms with Crippen molar-refractivity contribution >= 4 is 5.91 Å².